The highest BCUT2D eigenvalue weighted by Crippen LogP contribution is 2.30. The van der Waals surface area contributed by atoms with Crippen molar-refractivity contribution in [1.82, 2.24) is 9.13 Å². The molecular weight excluding hydrogens is 264 g/mol. The first-order valence-electron chi connectivity index (χ1n) is 6.50. The highest BCUT2D eigenvalue weighted by molar-refractivity contribution is 6.32. The molecule has 1 atom stereocenters. The summed E-state index contributed by atoms with van der Waals surface area (Å²) in [6, 6.07) is 3.57. The van der Waals surface area contributed by atoms with E-state index in [0.29, 0.717) is 17.0 Å². The minimum Gasteiger partial charge on any atom is -0.388 e. The van der Waals surface area contributed by atoms with Crippen LogP contribution in [-0.2, 0) is 14.1 Å². The van der Waals surface area contributed by atoms with Crippen LogP contribution in [0.25, 0.3) is 11.0 Å². The van der Waals surface area contributed by atoms with Gasteiger partial charge in [0.2, 0.25) is 0 Å². The molecular formula is C14H19ClN2O2. The van der Waals surface area contributed by atoms with Crippen molar-refractivity contribution in [1.29, 1.82) is 0 Å². The first-order chi connectivity index (χ1) is 8.97. The Labute approximate surface area is 117 Å². The number of fused-ring (bicyclic) bond motifs is 1. The van der Waals surface area contributed by atoms with Gasteiger partial charge >= 0.3 is 5.69 Å². The van der Waals surface area contributed by atoms with Gasteiger partial charge in [-0.15, -0.1) is 0 Å². The molecule has 1 aromatic heterocycles. The maximum Gasteiger partial charge on any atom is 0.328 e. The summed E-state index contributed by atoms with van der Waals surface area (Å²) < 4.78 is 3.13. The van der Waals surface area contributed by atoms with Crippen LogP contribution in [0.1, 0.15) is 37.9 Å². The number of imidazole rings is 1. The van der Waals surface area contributed by atoms with Crippen molar-refractivity contribution in [2.45, 2.75) is 32.3 Å². The van der Waals surface area contributed by atoms with Gasteiger partial charge in [0, 0.05) is 24.7 Å². The van der Waals surface area contributed by atoms with Gasteiger partial charge in [-0.3, -0.25) is 9.13 Å². The monoisotopic (exact) mass is 282 g/mol. The third-order valence-electron chi connectivity index (χ3n) is 3.58. The number of aliphatic hydroxyl groups is 1. The van der Waals surface area contributed by atoms with E-state index in [1.807, 2.05) is 6.07 Å². The molecule has 1 heterocycles. The summed E-state index contributed by atoms with van der Waals surface area (Å²) in [5, 5.41) is 10.7. The number of halogens is 1. The summed E-state index contributed by atoms with van der Waals surface area (Å²) in [6.45, 7) is 2.08. The molecule has 19 heavy (non-hydrogen) atoms. The van der Waals surface area contributed by atoms with Crippen molar-refractivity contribution in [2.75, 3.05) is 0 Å². The number of benzene rings is 1. The Hall–Kier alpha value is -1.26. The molecule has 0 bridgehead atoms. The number of aliphatic hydroxyl groups excluding tert-OH is 1. The Morgan fingerprint density at radius 3 is 2.42 bits per heavy atom. The summed E-state index contributed by atoms with van der Waals surface area (Å²) in [4.78, 5) is 11.9. The van der Waals surface area contributed by atoms with Crippen LogP contribution >= 0.6 is 11.6 Å². The number of nitrogens with zero attached hydrogens (tertiary/aromatic N) is 2. The standard InChI is InChI=1S/C14H19ClN2O2/c1-4-5-6-13(18)9-7-11-12(8-10(9)15)17(3)14(19)16(11)2/h7-8,13,18H,4-6H2,1-3H3. The van der Waals surface area contributed by atoms with E-state index in [0.717, 1.165) is 23.9 Å². The van der Waals surface area contributed by atoms with Crippen LogP contribution in [0.3, 0.4) is 0 Å². The summed E-state index contributed by atoms with van der Waals surface area (Å²) >= 11 is 6.23. The maximum atomic E-state index is 11.9. The van der Waals surface area contributed by atoms with E-state index in [1.54, 1.807) is 29.3 Å². The molecule has 4 nitrogen and oxygen atoms in total. The number of unbranched alkanes of at least 4 members (excludes halogenated alkanes) is 1. The van der Waals surface area contributed by atoms with Crippen molar-refractivity contribution < 1.29 is 5.11 Å². The van der Waals surface area contributed by atoms with E-state index in [-0.39, 0.29) is 5.69 Å². The minimum absolute atomic E-state index is 0.0914. The topological polar surface area (TPSA) is 47.2 Å². The van der Waals surface area contributed by atoms with Gasteiger partial charge in [-0.05, 0) is 18.6 Å². The zero-order chi connectivity index (χ0) is 14.2. The molecule has 1 aromatic carbocycles. The van der Waals surface area contributed by atoms with Gasteiger partial charge < -0.3 is 5.11 Å². The molecule has 104 valence electrons. The van der Waals surface area contributed by atoms with E-state index in [4.69, 9.17) is 11.6 Å². The Balaban J connectivity index is 2.55. The van der Waals surface area contributed by atoms with Crippen molar-refractivity contribution in [3.63, 3.8) is 0 Å². The van der Waals surface area contributed by atoms with Crippen molar-refractivity contribution in [3.8, 4) is 0 Å². The van der Waals surface area contributed by atoms with E-state index in [9.17, 15) is 9.90 Å². The molecule has 0 aliphatic heterocycles. The highest BCUT2D eigenvalue weighted by atomic mass is 35.5. The molecule has 1 N–H and O–H groups in total. The van der Waals surface area contributed by atoms with Crippen LogP contribution in [0.2, 0.25) is 5.02 Å². The highest BCUT2D eigenvalue weighted by Gasteiger charge is 2.16. The lowest BCUT2D eigenvalue weighted by atomic mass is 10.0. The van der Waals surface area contributed by atoms with E-state index in [1.165, 1.54) is 0 Å². The fourth-order valence-electron chi connectivity index (χ4n) is 2.34. The number of rotatable bonds is 4. The number of hydrogen-bond acceptors (Lipinski definition) is 2. The van der Waals surface area contributed by atoms with Gasteiger partial charge in [-0.2, -0.15) is 0 Å². The Kier molecular flexibility index (Phi) is 4.02. The van der Waals surface area contributed by atoms with Crippen molar-refractivity contribution in [3.05, 3.63) is 33.2 Å². The SMILES string of the molecule is CCCCC(O)c1cc2c(cc1Cl)n(C)c(=O)n2C. The minimum atomic E-state index is -0.577. The number of aromatic nitrogens is 2. The van der Waals surface area contributed by atoms with Gasteiger partial charge in [-0.1, -0.05) is 31.4 Å². The largest absolute Gasteiger partial charge is 0.388 e. The first kappa shape index (κ1) is 14.2. The molecule has 0 aliphatic rings. The predicted molar refractivity (Wildman–Crippen MR) is 77.7 cm³/mol. The molecule has 0 saturated heterocycles. The molecule has 0 saturated carbocycles. The molecule has 0 radical (unpaired) electrons. The van der Waals surface area contributed by atoms with E-state index < -0.39 is 6.10 Å². The quantitative estimate of drug-likeness (QED) is 0.937. The van der Waals surface area contributed by atoms with Crippen LogP contribution in [0.15, 0.2) is 16.9 Å². The average molecular weight is 283 g/mol. The van der Waals surface area contributed by atoms with Crippen LogP contribution < -0.4 is 5.69 Å². The normalized spacial score (nSPS) is 13.1. The third kappa shape index (κ3) is 2.42. The summed E-state index contributed by atoms with van der Waals surface area (Å²) in [7, 11) is 3.44. The molecule has 0 spiro atoms. The lowest BCUT2D eigenvalue weighted by molar-refractivity contribution is 0.164. The second kappa shape index (κ2) is 5.39. The van der Waals surface area contributed by atoms with Crippen LogP contribution in [-0.4, -0.2) is 14.2 Å². The van der Waals surface area contributed by atoms with Crippen LogP contribution in [0, 0.1) is 0 Å². The first-order valence-corrected chi connectivity index (χ1v) is 6.88. The van der Waals surface area contributed by atoms with Gasteiger partial charge in [0.25, 0.3) is 0 Å². The molecule has 0 fully saturated rings. The lowest BCUT2D eigenvalue weighted by Gasteiger charge is -2.13. The molecule has 0 aliphatic carbocycles. The van der Waals surface area contributed by atoms with Gasteiger partial charge in [0.15, 0.2) is 0 Å². The Morgan fingerprint density at radius 2 is 1.84 bits per heavy atom. The van der Waals surface area contributed by atoms with Crippen molar-refractivity contribution >= 4 is 22.6 Å². The summed E-state index contributed by atoms with van der Waals surface area (Å²) in [6.07, 6.45) is 2.08. The zero-order valence-electron chi connectivity index (χ0n) is 11.5. The second-order valence-corrected chi connectivity index (χ2v) is 5.33. The molecule has 2 rings (SSSR count). The van der Waals surface area contributed by atoms with Crippen molar-refractivity contribution in [2.24, 2.45) is 14.1 Å². The molecule has 0 amide bonds. The predicted octanol–water partition coefficient (Wildman–Crippen LogP) is 2.75. The molecule has 2 aromatic rings. The van der Waals surface area contributed by atoms with Crippen LogP contribution in [0.5, 0.6) is 0 Å². The van der Waals surface area contributed by atoms with E-state index >= 15 is 0 Å². The number of hydrogen-bond donors (Lipinski definition) is 1. The average Bonchev–Trinajstić information content (AvgIpc) is 2.60. The summed E-state index contributed by atoms with van der Waals surface area (Å²) in [5.41, 5.74) is 2.18. The zero-order valence-corrected chi connectivity index (χ0v) is 12.2. The molecule has 5 heteroatoms. The van der Waals surface area contributed by atoms with Gasteiger partial charge in [-0.25, -0.2) is 4.79 Å². The smallest absolute Gasteiger partial charge is 0.328 e. The van der Waals surface area contributed by atoms with Gasteiger partial charge in [0.1, 0.15) is 0 Å². The second-order valence-electron chi connectivity index (χ2n) is 4.92. The number of aryl methyl sites for hydroxylation is 2. The Bertz CT molecular complexity index is 657. The summed E-state index contributed by atoms with van der Waals surface area (Å²) in [5.74, 6) is 0. The molecule has 1 unspecified atom stereocenters. The maximum absolute atomic E-state index is 11.9. The van der Waals surface area contributed by atoms with Gasteiger partial charge in [0.05, 0.1) is 17.1 Å². The Morgan fingerprint density at radius 1 is 1.26 bits per heavy atom. The lowest BCUT2D eigenvalue weighted by Crippen LogP contribution is -2.19. The van der Waals surface area contributed by atoms with E-state index in [2.05, 4.69) is 6.92 Å². The fourth-order valence-corrected chi connectivity index (χ4v) is 2.63. The third-order valence-corrected chi connectivity index (χ3v) is 3.91. The van der Waals surface area contributed by atoms with Crippen LogP contribution in [0.4, 0.5) is 0 Å². The fraction of sp³-hybridized carbons (Fsp3) is 0.500.